The molecule has 2 nitrogen and oxygen atoms in total. The highest BCUT2D eigenvalue weighted by Gasteiger charge is 2.29. The number of aryl methyl sites for hydroxylation is 1. The van der Waals surface area contributed by atoms with Crippen molar-refractivity contribution in [2.45, 2.75) is 32.1 Å². The summed E-state index contributed by atoms with van der Waals surface area (Å²) in [4.78, 5) is 0. The van der Waals surface area contributed by atoms with Gasteiger partial charge in [0, 0.05) is 5.92 Å². The van der Waals surface area contributed by atoms with Gasteiger partial charge < -0.3 is 10.2 Å². The minimum atomic E-state index is 0.499. The van der Waals surface area contributed by atoms with Gasteiger partial charge in [0.15, 0.2) is 4.67 Å². The smallest absolute Gasteiger partial charge is 0.169 e. The predicted octanol–water partition coefficient (Wildman–Crippen LogP) is 3.19. The van der Waals surface area contributed by atoms with E-state index in [-0.39, 0.29) is 0 Å². The van der Waals surface area contributed by atoms with Crippen molar-refractivity contribution >= 4 is 15.9 Å². The van der Waals surface area contributed by atoms with Crippen molar-refractivity contribution in [2.75, 3.05) is 6.54 Å². The summed E-state index contributed by atoms with van der Waals surface area (Å²) in [7, 11) is 0. The quantitative estimate of drug-likeness (QED) is 0.904. The van der Waals surface area contributed by atoms with Crippen LogP contribution in [-0.2, 0) is 0 Å². The van der Waals surface area contributed by atoms with Gasteiger partial charge in [-0.2, -0.15) is 0 Å². The maximum absolute atomic E-state index is 5.84. The van der Waals surface area contributed by atoms with E-state index in [1.807, 2.05) is 6.92 Å². The average molecular weight is 258 g/mol. The van der Waals surface area contributed by atoms with E-state index >= 15 is 0 Å². The second-order valence-electron chi connectivity index (χ2n) is 4.10. The van der Waals surface area contributed by atoms with Gasteiger partial charge in [0.25, 0.3) is 0 Å². The third-order valence-electron chi connectivity index (χ3n) is 3.30. The lowest BCUT2D eigenvalue weighted by Crippen LogP contribution is -2.26. The molecule has 1 aliphatic rings. The summed E-state index contributed by atoms with van der Waals surface area (Å²) >= 11 is 3.36. The largest absolute Gasteiger partial charge is 0.454 e. The molecule has 0 bridgehead atoms. The fourth-order valence-corrected chi connectivity index (χ4v) is 2.73. The molecule has 1 atom stereocenters. The van der Waals surface area contributed by atoms with Crippen LogP contribution in [0.25, 0.3) is 0 Å². The van der Waals surface area contributed by atoms with Crippen molar-refractivity contribution in [1.29, 1.82) is 0 Å². The summed E-state index contributed by atoms with van der Waals surface area (Å²) in [6.45, 7) is 2.75. The van der Waals surface area contributed by atoms with Crippen LogP contribution in [0.1, 0.15) is 36.5 Å². The third-order valence-corrected chi connectivity index (χ3v) is 3.69. The fraction of sp³-hybridized carbons (Fsp3) is 0.636. The van der Waals surface area contributed by atoms with Gasteiger partial charge in [-0.1, -0.05) is 6.42 Å². The van der Waals surface area contributed by atoms with Crippen molar-refractivity contribution in [3.05, 3.63) is 22.1 Å². The van der Waals surface area contributed by atoms with Crippen LogP contribution in [0.2, 0.25) is 0 Å². The molecule has 1 unspecified atom stereocenters. The van der Waals surface area contributed by atoms with Crippen molar-refractivity contribution in [1.82, 2.24) is 0 Å². The molecule has 0 aliphatic heterocycles. The van der Waals surface area contributed by atoms with E-state index in [0.29, 0.717) is 5.92 Å². The van der Waals surface area contributed by atoms with Crippen molar-refractivity contribution in [3.63, 3.8) is 0 Å². The normalized spacial score (nSPS) is 19.4. The molecule has 1 aromatic rings. The minimum Gasteiger partial charge on any atom is -0.454 e. The van der Waals surface area contributed by atoms with Crippen LogP contribution in [0.5, 0.6) is 0 Å². The SMILES string of the molecule is Cc1oc(Br)cc1C(CN)C1CCC1. The lowest BCUT2D eigenvalue weighted by Gasteiger charge is -2.32. The summed E-state index contributed by atoms with van der Waals surface area (Å²) < 4.78 is 6.30. The van der Waals surface area contributed by atoms with E-state index in [4.69, 9.17) is 10.2 Å². The summed E-state index contributed by atoms with van der Waals surface area (Å²) in [5.74, 6) is 2.29. The molecule has 1 aromatic heterocycles. The van der Waals surface area contributed by atoms with E-state index in [2.05, 4.69) is 22.0 Å². The Balaban J connectivity index is 2.21. The summed E-state index contributed by atoms with van der Waals surface area (Å²) in [5.41, 5.74) is 7.13. The van der Waals surface area contributed by atoms with E-state index in [1.165, 1.54) is 24.8 Å². The van der Waals surface area contributed by atoms with Gasteiger partial charge in [0.2, 0.25) is 0 Å². The molecule has 1 saturated carbocycles. The number of hydrogen-bond acceptors (Lipinski definition) is 2. The van der Waals surface area contributed by atoms with E-state index in [9.17, 15) is 0 Å². The Labute approximate surface area is 93.0 Å². The predicted molar refractivity (Wildman–Crippen MR) is 60.3 cm³/mol. The molecule has 0 aromatic carbocycles. The number of furan rings is 1. The third kappa shape index (κ3) is 1.75. The average Bonchev–Trinajstić information content (AvgIpc) is 2.37. The van der Waals surface area contributed by atoms with Gasteiger partial charge >= 0.3 is 0 Å². The Hall–Kier alpha value is -0.280. The molecule has 0 radical (unpaired) electrons. The van der Waals surface area contributed by atoms with Gasteiger partial charge in [-0.25, -0.2) is 0 Å². The lowest BCUT2D eigenvalue weighted by molar-refractivity contribution is 0.262. The second-order valence-corrected chi connectivity index (χ2v) is 4.88. The molecule has 78 valence electrons. The first-order valence-electron chi connectivity index (χ1n) is 5.18. The van der Waals surface area contributed by atoms with E-state index in [1.54, 1.807) is 0 Å². The Morgan fingerprint density at radius 3 is 2.71 bits per heavy atom. The van der Waals surface area contributed by atoms with Crippen LogP contribution in [0, 0.1) is 12.8 Å². The monoisotopic (exact) mass is 257 g/mol. The summed E-state index contributed by atoms with van der Waals surface area (Å²) in [5, 5.41) is 0. The van der Waals surface area contributed by atoms with Gasteiger partial charge in [-0.15, -0.1) is 0 Å². The second kappa shape index (κ2) is 4.07. The fourth-order valence-electron chi connectivity index (χ4n) is 2.24. The summed E-state index contributed by atoms with van der Waals surface area (Å²) in [6.07, 6.45) is 4.01. The first-order chi connectivity index (χ1) is 6.72. The van der Waals surface area contributed by atoms with Crippen LogP contribution < -0.4 is 5.73 Å². The van der Waals surface area contributed by atoms with Crippen LogP contribution in [0.15, 0.2) is 15.2 Å². The van der Waals surface area contributed by atoms with Gasteiger partial charge in [0.1, 0.15) is 5.76 Å². The van der Waals surface area contributed by atoms with Gasteiger partial charge in [0.05, 0.1) is 0 Å². The lowest BCUT2D eigenvalue weighted by atomic mass is 9.73. The molecule has 0 amide bonds. The van der Waals surface area contributed by atoms with Crippen LogP contribution >= 0.6 is 15.9 Å². The number of halogens is 1. The Bertz CT molecular complexity index is 317. The maximum Gasteiger partial charge on any atom is 0.169 e. The van der Waals surface area contributed by atoms with Crippen LogP contribution in [0.4, 0.5) is 0 Å². The zero-order chi connectivity index (χ0) is 10.1. The number of nitrogens with two attached hydrogens (primary N) is 1. The molecule has 3 heteroatoms. The molecule has 1 aliphatic carbocycles. The van der Waals surface area contributed by atoms with Gasteiger partial charge in [-0.05, 0) is 59.8 Å². The molecule has 2 N–H and O–H groups in total. The van der Waals surface area contributed by atoms with E-state index < -0.39 is 0 Å². The first kappa shape index (κ1) is 10.2. The zero-order valence-electron chi connectivity index (χ0n) is 8.42. The van der Waals surface area contributed by atoms with Crippen molar-refractivity contribution < 1.29 is 4.42 Å². The topological polar surface area (TPSA) is 39.2 Å². The van der Waals surface area contributed by atoms with Crippen LogP contribution in [0.3, 0.4) is 0 Å². The molecule has 0 saturated heterocycles. The Morgan fingerprint density at radius 1 is 1.64 bits per heavy atom. The van der Waals surface area contributed by atoms with E-state index in [0.717, 1.165) is 22.9 Å². The summed E-state index contributed by atoms with van der Waals surface area (Å²) in [6, 6.07) is 2.07. The van der Waals surface area contributed by atoms with Crippen molar-refractivity contribution in [3.8, 4) is 0 Å². The first-order valence-corrected chi connectivity index (χ1v) is 5.97. The maximum atomic E-state index is 5.84. The molecular weight excluding hydrogens is 242 g/mol. The molecule has 1 heterocycles. The highest BCUT2D eigenvalue weighted by Crippen LogP contribution is 2.40. The highest BCUT2D eigenvalue weighted by atomic mass is 79.9. The highest BCUT2D eigenvalue weighted by molar-refractivity contribution is 9.10. The molecule has 0 spiro atoms. The Kier molecular flexibility index (Phi) is 2.98. The minimum absolute atomic E-state index is 0.499. The molecule has 1 fully saturated rings. The molecule has 14 heavy (non-hydrogen) atoms. The molecular formula is C11H16BrNO. The number of rotatable bonds is 3. The number of hydrogen-bond donors (Lipinski definition) is 1. The van der Waals surface area contributed by atoms with Crippen LogP contribution in [-0.4, -0.2) is 6.54 Å². The zero-order valence-corrected chi connectivity index (χ0v) is 10.0. The van der Waals surface area contributed by atoms with Gasteiger partial charge in [-0.3, -0.25) is 0 Å². The van der Waals surface area contributed by atoms with Crippen molar-refractivity contribution in [2.24, 2.45) is 11.7 Å². The molecule has 2 rings (SSSR count). The Morgan fingerprint density at radius 2 is 2.36 bits per heavy atom. The standard InChI is InChI=1S/C11H16BrNO/c1-7-9(5-11(12)14-7)10(6-13)8-3-2-4-8/h5,8,10H,2-4,6,13H2,1H3.